The number of esters is 1. The fourth-order valence-electron chi connectivity index (χ4n) is 4.98. The molecule has 0 saturated carbocycles. The van der Waals surface area contributed by atoms with Gasteiger partial charge >= 0.3 is 5.97 Å². The number of nitrogens with zero attached hydrogens (tertiary/aromatic N) is 2. The highest BCUT2D eigenvalue weighted by Crippen LogP contribution is 2.35. The van der Waals surface area contributed by atoms with Gasteiger partial charge in [-0.3, -0.25) is 4.79 Å². The molecule has 0 fully saturated rings. The molecule has 2 heterocycles. The number of ether oxygens (including phenoxy) is 2. The zero-order chi connectivity index (χ0) is 26.9. The minimum absolute atomic E-state index is 0.230. The first-order chi connectivity index (χ1) is 18.2. The molecule has 194 valence electrons. The fourth-order valence-corrected chi connectivity index (χ4v) is 5.11. The molecule has 0 bridgehead atoms. The van der Waals surface area contributed by atoms with E-state index in [2.05, 4.69) is 28.8 Å². The Morgan fingerprint density at radius 1 is 1.00 bits per heavy atom. The van der Waals surface area contributed by atoms with Crippen molar-refractivity contribution in [1.82, 2.24) is 9.55 Å². The third kappa shape index (κ3) is 5.25. The van der Waals surface area contributed by atoms with Crippen LogP contribution in [0.2, 0.25) is 5.02 Å². The van der Waals surface area contributed by atoms with Crippen LogP contribution in [0.1, 0.15) is 36.4 Å². The molecule has 5 aromatic rings. The Morgan fingerprint density at radius 2 is 1.76 bits per heavy atom. The van der Waals surface area contributed by atoms with Crippen molar-refractivity contribution in [3.63, 3.8) is 0 Å². The van der Waals surface area contributed by atoms with Crippen molar-refractivity contribution in [3.05, 3.63) is 106 Å². The van der Waals surface area contributed by atoms with Crippen LogP contribution in [0, 0.1) is 5.41 Å². The summed E-state index contributed by atoms with van der Waals surface area (Å²) in [4.78, 5) is 17.3. The fraction of sp³-hybridized carbons (Fsp3) is 0.250. The number of benzene rings is 3. The molecule has 0 atom stereocenters. The summed E-state index contributed by atoms with van der Waals surface area (Å²) in [5.74, 6) is 0.539. The molecule has 0 saturated heterocycles. The normalized spacial score (nSPS) is 11.7. The standard InChI is InChI=1S/C32H31ClN2O3/c1-32(2,31(36)37-4)19-30-27(17-21-9-12-23(33)13-10-21)26-16-15-25(18-29(26)35(30)3)38-20-24-14-11-22-7-5-6-8-28(22)34-24/h5-16,18H,17,19-20H2,1-4H3. The van der Waals surface area contributed by atoms with E-state index in [4.69, 9.17) is 26.1 Å². The van der Waals surface area contributed by atoms with Gasteiger partial charge in [0.05, 0.1) is 29.3 Å². The Kier molecular flexibility index (Phi) is 7.13. The van der Waals surface area contributed by atoms with Crippen molar-refractivity contribution in [3.8, 4) is 5.75 Å². The first kappa shape index (κ1) is 25.8. The summed E-state index contributed by atoms with van der Waals surface area (Å²) in [6.07, 6.45) is 1.27. The van der Waals surface area contributed by atoms with E-state index >= 15 is 0 Å². The molecule has 0 unspecified atom stereocenters. The van der Waals surface area contributed by atoms with E-state index in [9.17, 15) is 4.79 Å². The molecule has 0 spiro atoms. The zero-order valence-corrected chi connectivity index (χ0v) is 22.9. The Balaban J connectivity index is 1.49. The van der Waals surface area contributed by atoms with Gasteiger partial charge in [0.1, 0.15) is 12.4 Å². The second-order valence-corrected chi connectivity index (χ2v) is 10.7. The predicted molar refractivity (Wildman–Crippen MR) is 153 cm³/mol. The predicted octanol–water partition coefficient (Wildman–Crippen LogP) is 7.29. The molecular weight excluding hydrogens is 496 g/mol. The van der Waals surface area contributed by atoms with Crippen molar-refractivity contribution >= 4 is 39.4 Å². The number of carbonyl (C=O) groups excluding carboxylic acids is 1. The van der Waals surface area contributed by atoms with Gasteiger partial charge in [0, 0.05) is 41.0 Å². The molecule has 0 aliphatic carbocycles. The van der Waals surface area contributed by atoms with Gasteiger partial charge in [-0.25, -0.2) is 4.98 Å². The SMILES string of the molecule is COC(=O)C(C)(C)Cc1c(Cc2ccc(Cl)cc2)c2ccc(OCc3ccc4ccccc4n3)cc2n1C. The third-order valence-electron chi connectivity index (χ3n) is 7.09. The van der Waals surface area contributed by atoms with Gasteiger partial charge in [0.25, 0.3) is 0 Å². The number of aromatic nitrogens is 2. The second-order valence-electron chi connectivity index (χ2n) is 10.3. The summed E-state index contributed by atoms with van der Waals surface area (Å²) < 4.78 is 13.5. The molecule has 3 aromatic carbocycles. The number of fused-ring (bicyclic) bond motifs is 2. The lowest BCUT2D eigenvalue weighted by Gasteiger charge is -2.23. The molecule has 5 nitrogen and oxygen atoms in total. The van der Waals surface area contributed by atoms with Crippen LogP contribution < -0.4 is 4.74 Å². The average Bonchev–Trinajstić information content (AvgIpc) is 3.17. The lowest BCUT2D eigenvalue weighted by atomic mass is 9.85. The smallest absolute Gasteiger partial charge is 0.311 e. The Labute approximate surface area is 228 Å². The summed E-state index contributed by atoms with van der Waals surface area (Å²) >= 11 is 6.13. The zero-order valence-electron chi connectivity index (χ0n) is 22.1. The second kappa shape index (κ2) is 10.5. The molecule has 38 heavy (non-hydrogen) atoms. The summed E-state index contributed by atoms with van der Waals surface area (Å²) in [7, 11) is 3.49. The van der Waals surface area contributed by atoms with Crippen LogP contribution in [-0.2, 0) is 36.0 Å². The number of rotatable bonds is 8. The number of aryl methyl sites for hydroxylation is 1. The van der Waals surface area contributed by atoms with E-state index in [1.807, 2.05) is 75.5 Å². The lowest BCUT2D eigenvalue weighted by Crippen LogP contribution is -2.29. The third-order valence-corrected chi connectivity index (χ3v) is 7.35. The average molecular weight is 527 g/mol. The molecule has 0 N–H and O–H groups in total. The number of pyridine rings is 1. The van der Waals surface area contributed by atoms with E-state index in [1.54, 1.807) is 0 Å². The van der Waals surface area contributed by atoms with E-state index in [-0.39, 0.29) is 5.97 Å². The van der Waals surface area contributed by atoms with E-state index in [0.717, 1.165) is 50.9 Å². The number of methoxy groups -OCH3 is 1. The van der Waals surface area contributed by atoms with Gasteiger partial charge in [-0.05, 0) is 67.8 Å². The van der Waals surface area contributed by atoms with Crippen molar-refractivity contribution in [2.45, 2.75) is 33.3 Å². The van der Waals surface area contributed by atoms with Crippen molar-refractivity contribution < 1.29 is 14.3 Å². The molecule has 5 rings (SSSR count). The molecule has 6 heteroatoms. The van der Waals surface area contributed by atoms with Crippen LogP contribution in [0.5, 0.6) is 5.75 Å². The van der Waals surface area contributed by atoms with E-state index in [0.29, 0.717) is 18.1 Å². The molecular formula is C32H31ClN2O3. The maximum absolute atomic E-state index is 12.6. The number of carbonyl (C=O) groups is 1. The largest absolute Gasteiger partial charge is 0.487 e. The highest BCUT2D eigenvalue weighted by atomic mass is 35.5. The van der Waals surface area contributed by atoms with Crippen LogP contribution in [0.25, 0.3) is 21.8 Å². The maximum Gasteiger partial charge on any atom is 0.311 e. The number of halogens is 1. The Bertz CT molecular complexity index is 1620. The number of hydrogen-bond acceptors (Lipinski definition) is 4. The van der Waals surface area contributed by atoms with Gasteiger partial charge in [0.15, 0.2) is 0 Å². The van der Waals surface area contributed by atoms with Gasteiger partial charge in [-0.2, -0.15) is 0 Å². The van der Waals surface area contributed by atoms with Crippen LogP contribution in [0.4, 0.5) is 0 Å². The molecule has 2 aromatic heterocycles. The monoisotopic (exact) mass is 526 g/mol. The first-order valence-electron chi connectivity index (χ1n) is 12.7. The highest BCUT2D eigenvalue weighted by Gasteiger charge is 2.32. The van der Waals surface area contributed by atoms with Gasteiger partial charge < -0.3 is 14.0 Å². The highest BCUT2D eigenvalue weighted by molar-refractivity contribution is 6.30. The van der Waals surface area contributed by atoms with E-state index in [1.165, 1.54) is 12.7 Å². The maximum atomic E-state index is 12.6. The Hall–Kier alpha value is -3.83. The van der Waals surface area contributed by atoms with Crippen LogP contribution in [0.15, 0.2) is 78.9 Å². The quantitative estimate of drug-likeness (QED) is 0.199. The van der Waals surface area contributed by atoms with Gasteiger partial charge in [-0.1, -0.05) is 48.0 Å². The van der Waals surface area contributed by atoms with Crippen molar-refractivity contribution in [2.24, 2.45) is 12.5 Å². The topological polar surface area (TPSA) is 53.4 Å². The summed E-state index contributed by atoms with van der Waals surface area (Å²) in [6, 6.07) is 26.2. The summed E-state index contributed by atoms with van der Waals surface area (Å²) in [5.41, 5.74) is 5.64. The summed E-state index contributed by atoms with van der Waals surface area (Å²) in [5, 5.41) is 2.95. The molecule has 0 amide bonds. The van der Waals surface area contributed by atoms with Crippen molar-refractivity contribution in [2.75, 3.05) is 7.11 Å². The molecule has 0 aliphatic rings. The Morgan fingerprint density at radius 3 is 2.53 bits per heavy atom. The molecule has 0 aliphatic heterocycles. The molecule has 0 radical (unpaired) electrons. The van der Waals surface area contributed by atoms with Crippen molar-refractivity contribution in [1.29, 1.82) is 0 Å². The minimum atomic E-state index is -0.674. The minimum Gasteiger partial charge on any atom is -0.487 e. The van der Waals surface area contributed by atoms with Crippen LogP contribution in [0.3, 0.4) is 0 Å². The van der Waals surface area contributed by atoms with Crippen LogP contribution in [-0.4, -0.2) is 22.6 Å². The van der Waals surface area contributed by atoms with Gasteiger partial charge in [0.2, 0.25) is 0 Å². The van der Waals surface area contributed by atoms with Gasteiger partial charge in [-0.15, -0.1) is 0 Å². The number of para-hydroxylation sites is 1. The number of hydrogen-bond donors (Lipinski definition) is 0. The summed E-state index contributed by atoms with van der Waals surface area (Å²) in [6.45, 7) is 4.22. The van der Waals surface area contributed by atoms with E-state index < -0.39 is 5.41 Å². The first-order valence-corrected chi connectivity index (χ1v) is 13.0. The van der Waals surface area contributed by atoms with Crippen LogP contribution >= 0.6 is 11.6 Å². The lowest BCUT2D eigenvalue weighted by molar-refractivity contribution is -0.150.